The fraction of sp³-hybridized carbons (Fsp3) is 0.250. The topological polar surface area (TPSA) is 30.0 Å². The Morgan fingerprint density at radius 2 is 2.21 bits per heavy atom. The molecule has 1 aromatic rings. The van der Waals surface area contributed by atoms with Gasteiger partial charge >= 0.3 is 0 Å². The molecule has 0 aliphatic heterocycles. The van der Waals surface area contributed by atoms with Crippen LogP contribution in [0.15, 0.2) is 10.7 Å². The highest BCUT2D eigenvalue weighted by Crippen LogP contribution is 2.27. The smallest absolute Gasteiger partial charge is 0.265 e. The molecule has 1 rings (SSSR count). The van der Waals surface area contributed by atoms with Gasteiger partial charge in [-0.15, -0.1) is 0 Å². The van der Waals surface area contributed by atoms with E-state index >= 15 is 0 Å². The lowest BCUT2D eigenvalue weighted by atomic mass is 10.1. The van der Waals surface area contributed by atoms with E-state index in [-0.39, 0.29) is 26.8 Å². The molecule has 0 aromatic carbocycles. The Morgan fingerprint density at radius 1 is 1.57 bits per heavy atom. The molecule has 2 nitrogen and oxygen atoms in total. The highest BCUT2D eigenvalue weighted by Gasteiger charge is 2.16. The first-order valence-electron chi connectivity index (χ1n) is 3.58. The highest BCUT2D eigenvalue weighted by molar-refractivity contribution is 9.10. The van der Waals surface area contributed by atoms with Gasteiger partial charge in [-0.2, -0.15) is 0 Å². The molecule has 0 aliphatic rings. The zero-order valence-electron chi connectivity index (χ0n) is 6.81. The summed E-state index contributed by atoms with van der Waals surface area (Å²) in [5.74, 6) is 0. The van der Waals surface area contributed by atoms with Crippen molar-refractivity contribution in [3.05, 3.63) is 27.5 Å². The van der Waals surface area contributed by atoms with E-state index in [0.717, 1.165) is 6.07 Å². The third-order valence-corrected chi connectivity index (χ3v) is 2.77. The van der Waals surface area contributed by atoms with Crippen LogP contribution in [-0.4, -0.2) is 11.3 Å². The van der Waals surface area contributed by atoms with E-state index in [1.807, 2.05) is 0 Å². The molecule has 0 radical (unpaired) electrons. The third-order valence-electron chi connectivity index (χ3n) is 1.60. The van der Waals surface area contributed by atoms with Crippen molar-refractivity contribution in [3.63, 3.8) is 0 Å². The van der Waals surface area contributed by atoms with E-state index in [9.17, 15) is 13.6 Å². The van der Waals surface area contributed by atoms with Gasteiger partial charge in [0.05, 0.1) is 5.69 Å². The van der Waals surface area contributed by atoms with Gasteiger partial charge in [0.1, 0.15) is 4.60 Å². The lowest BCUT2D eigenvalue weighted by molar-refractivity contribution is 0.112. The summed E-state index contributed by atoms with van der Waals surface area (Å²) >= 11 is 6.08. The Balaban J connectivity index is 3.32. The van der Waals surface area contributed by atoms with Gasteiger partial charge in [-0.25, -0.2) is 13.8 Å². The van der Waals surface area contributed by atoms with Crippen LogP contribution >= 0.6 is 31.9 Å². The number of carbonyl (C=O) groups excluding carboxylic acids is 1. The molecule has 0 N–H and O–H groups in total. The van der Waals surface area contributed by atoms with Crippen LogP contribution in [0.5, 0.6) is 0 Å². The zero-order chi connectivity index (χ0) is 10.7. The van der Waals surface area contributed by atoms with Crippen LogP contribution in [0.4, 0.5) is 8.78 Å². The number of nitrogens with zero attached hydrogens (tertiary/aromatic N) is 1. The van der Waals surface area contributed by atoms with Crippen molar-refractivity contribution in [2.45, 2.75) is 11.8 Å². The van der Waals surface area contributed by atoms with Crippen molar-refractivity contribution in [2.75, 3.05) is 0 Å². The molecule has 0 spiro atoms. The van der Waals surface area contributed by atoms with Gasteiger partial charge in [-0.05, 0) is 22.0 Å². The molecule has 1 aromatic heterocycles. The predicted octanol–water partition coefficient (Wildman–Crippen LogP) is 3.49. The Morgan fingerprint density at radius 3 is 2.64 bits per heavy atom. The lowest BCUT2D eigenvalue weighted by Gasteiger charge is -2.07. The summed E-state index contributed by atoms with van der Waals surface area (Å²) in [6, 6.07) is 1.14. The number of aldehydes is 1. The van der Waals surface area contributed by atoms with Gasteiger partial charge in [-0.3, -0.25) is 4.79 Å². The lowest BCUT2D eigenvalue weighted by Crippen LogP contribution is -2.00. The maximum absolute atomic E-state index is 12.5. The fourth-order valence-corrected chi connectivity index (χ4v) is 1.81. The third kappa shape index (κ3) is 2.36. The summed E-state index contributed by atoms with van der Waals surface area (Å²) in [4.78, 5) is 14.3. The van der Waals surface area contributed by atoms with Gasteiger partial charge in [0.15, 0.2) is 6.29 Å². The summed E-state index contributed by atoms with van der Waals surface area (Å²) < 4.78 is 25.2. The first kappa shape index (κ1) is 11.7. The SMILES string of the molecule is O=Cc1cc(C(F)F)c(CBr)nc1Br. The number of carbonyl (C=O) groups is 1. The van der Waals surface area contributed by atoms with Crippen LogP contribution in [0.1, 0.15) is 28.0 Å². The summed E-state index contributed by atoms with van der Waals surface area (Å²) in [6.45, 7) is 0. The number of hydrogen-bond acceptors (Lipinski definition) is 2. The minimum atomic E-state index is -2.62. The average molecular weight is 329 g/mol. The quantitative estimate of drug-likeness (QED) is 0.483. The van der Waals surface area contributed by atoms with Crippen LogP contribution in [0.25, 0.3) is 0 Å². The molecule has 0 saturated carbocycles. The number of alkyl halides is 3. The van der Waals surface area contributed by atoms with E-state index in [1.54, 1.807) is 0 Å². The van der Waals surface area contributed by atoms with E-state index in [4.69, 9.17) is 0 Å². The summed E-state index contributed by atoms with van der Waals surface area (Å²) in [5, 5.41) is 0.227. The van der Waals surface area contributed by atoms with Crippen molar-refractivity contribution in [1.29, 1.82) is 0 Å². The summed E-state index contributed by atoms with van der Waals surface area (Å²) in [6.07, 6.45) is -2.14. The predicted molar refractivity (Wildman–Crippen MR) is 54.9 cm³/mol. The summed E-state index contributed by atoms with van der Waals surface area (Å²) in [5.41, 5.74) is 0.148. The number of hydrogen-bond donors (Lipinski definition) is 0. The molecule has 0 fully saturated rings. The second-order valence-corrected chi connectivity index (χ2v) is 3.77. The summed E-state index contributed by atoms with van der Waals surface area (Å²) in [7, 11) is 0. The molecular weight excluding hydrogens is 324 g/mol. The highest BCUT2D eigenvalue weighted by atomic mass is 79.9. The monoisotopic (exact) mass is 327 g/mol. The number of halogens is 4. The van der Waals surface area contributed by atoms with Crippen LogP contribution in [0, 0.1) is 0 Å². The normalized spacial score (nSPS) is 10.6. The van der Waals surface area contributed by atoms with Crippen LogP contribution in [0.3, 0.4) is 0 Å². The molecule has 6 heteroatoms. The second-order valence-electron chi connectivity index (χ2n) is 2.46. The second kappa shape index (κ2) is 4.93. The van der Waals surface area contributed by atoms with Crippen LogP contribution in [-0.2, 0) is 5.33 Å². The Bertz CT molecular complexity index is 357. The Kier molecular flexibility index (Phi) is 4.12. The van der Waals surface area contributed by atoms with Crippen molar-refractivity contribution in [2.24, 2.45) is 0 Å². The molecule has 76 valence electrons. The molecule has 0 unspecified atom stereocenters. The number of aromatic nitrogens is 1. The number of rotatable bonds is 3. The maximum atomic E-state index is 12.5. The van der Waals surface area contributed by atoms with Gasteiger partial charge in [0.25, 0.3) is 6.43 Å². The molecule has 0 atom stereocenters. The average Bonchev–Trinajstić information content (AvgIpc) is 2.16. The van der Waals surface area contributed by atoms with Gasteiger partial charge in [0.2, 0.25) is 0 Å². The van der Waals surface area contributed by atoms with Crippen molar-refractivity contribution in [1.82, 2.24) is 4.98 Å². The molecular formula is C8H5Br2F2NO. The van der Waals surface area contributed by atoms with Crippen molar-refractivity contribution in [3.8, 4) is 0 Å². The van der Waals surface area contributed by atoms with E-state index < -0.39 is 6.43 Å². The Hall–Kier alpha value is -0.360. The zero-order valence-corrected chi connectivity index (χ0v) is 9.98. The first-order chi connectivity index (χ1) is 6.60. The van der Waals surface area contributed by atoms with Crippen LogP contribution in [0.2, 0.25) is 0 Å². The first-order valence-corrected chi connectivity index (χ1v) is 5.50. The maximum Gasteiger partial charge on any atom is 0.265 e. The molecule has 0 amide bonds. The van der Waals surface area contributed by atoms with E-state index in [1.165, 1.54) is 0 Å². The molecule has 0 saturated heterocycles. The molecule has 14 heavy (non-hydrogen) atoms. The fourth-order valence-electron chi connectivity index (χ4n) is 0.937. The largest absolute Gasteiger partial charge is 0.298 e. The molecule has 0 bridgehead atoms. The van der Waals surface area contributed by atoms with E-state index in [0.29, 0.717) is 6.29 Å². The van der Waals surface area contributed by atoms with Gasteiger partial charge in [0, 0.05) is 16.5 Å². The van der Waals surface area contributed by atoms with Crippen molar-refractivity contribution >= 4 is 38.1 Å². The van der Waals surface area contributed by atoms with Crippen LogP contribution < -0.4 is 0 Å². The Labute approximate surface area is 96.0 Å². The van der Waals surface area contributed by atoms with Crippen molar-refractivity contribution < 1.29 is 13.6 Å². The molecule has 0 aliphatic carbocycles. The van der Waals surface area contributed by atoms with E-state index in [2.05, 4.69) is 36.8 Å². The minimum absolute atomic E-state index is 0.130. The minimum Gasteiger partial charge on any atom is -0.298 e. The number of pyridine rings is 1. The molecule has 1 heterocycles. The standard InChI is InChI=1S/C8H5Br2F2NO/c9-2-6-5(8(11)12)1-4(3-14)7(10)13-6/h1,3,8H,2H2. The van der Waals surface area contributed by atoms with Gasteiger partial charge in [-0.1, -0.05) is 15.9 Å². The van der Waals surface area contributed by atoms with Gasteiger partial charge < -0.3 is 0 Å².